The van der Waals surface area contributed by atoms with Crippen LogP contribution in [0.1, 0.15) is 50.9 Å². The van der Waals surface area contributed by atoms with Crippen LogP contribution < -0.4 is 5.32 Å². The number of imidazole rings is 1. The van der Waals surface area contributed by atoms with E-state index in [1.54, 1.807) is 11.0 Å². The highest BCUT2D eigenvalue weighted by molar-refractivity contribution is 5.68. The van der Waals surface area contributed by atoms with Crippen LogP contribution in [0.3, 0.4) is 0 Å². The van der Waals surface area contributed by atoms with Crippen LogP contribution in [0.15, 0.2) is 54.7 Å². The van der Waals surface area contributed by atoms with Gasteiger partial charge in [0.05, 0.1) is 5.69 Å². The Morgan fingerprint density at radius 1 is 1.05 bits per heavy atom. The van der Waals surface area contributed by atoms with Crippen molar-refractivity contribution in [2.45, 2.75) is 58.1 Å². The van der Waals surface area contributed by atoms with E-state index in [0.29, 0.717) is 30.9 Å². The van der Waals surface area contributed by atoms with E-state index in [2.05, 4.69) is 22.0 Å². The number of nitrogens with zero attached hydrogens (tertiary/aromatic N) is 3. The fourth-order valence-electron chi connectivity index (χ4n) is 4.58. The number of ether oxygens (including phenoxy) is 1. The molecule has 2 aromatic carbocycles. The molecule has 8 heteroatoms. The first kappa shape index (κ1) is 26.8. The summed E-state index contributed by atoms with van der Waals surface area (Å²) in [6.45, 7) is 9.08. The Hall–Kier alpha value is -3.26. The van der Waals surface area contributed by atoms with Gasteiger partial charge in [-0.05, 0) is 70.3 Å². The Balaban J connectivity index is 1.43. The molecule has 0 spiro atoms. The summed E-state index contributed by atoms with van der Waals surface area (Å²) in [5, 5.41) is 3.49. The van der Waals surface area contributed by atoms with Crippen molar-refractivity contribution in [2.24, 2.45) is 0 Å². The maximum Gasteiger partial charge on any atom is 0.410 e. The lowest BCUT2D eigenvalue weighted by Crippen LogP contribution is -2.41. The van der Waals surface area contributed by atoms with Gasteiger partial charge in [-0.15, -0.1) is 0 Å². The second kappa shape index (κ2) is 11.9. The highest BCUT2D eigenvalue weighted by atomic mass is 19.2. The standard InChI is InChI=1S/C29H36F2N4O2/c1-29(2,3)37-28(36)34-16-12-22(13-17-34)27-33-26(23-9-10-24(30)25(31)19-23)20-35(27)18-15-32-14-11-21-7-5-4-6-8-21/h4-10,19-20,22,32H,11-18H2,1-3H3. The molecule has 0 radical (unpaired) electrons. The summed E-state index contributed by atoms with van der Waals surface area (Å²) in [4.78, 5) is 19.1. The minimum atomic E-state index is -0.887. The van der Waals surface area contributed by atoms with Gasteiger partial charge in [0.1, 0.15) is 11.4 Å². The van der Waals surface area contributed by atoms with Crippen LogP contribution in [-0.2, 0) is 17.7 Å². The largest absolute Gasteiger partial charge is 0.444 e. The van der Waals surface area contributed by atoms with E-state index in [1.807, 2.05) is 45.2 Å². The summed E-state index contributed by atoms with van der Waals surface area (Å²) < 4.78 is 35.1. The maximum atomic E-state index is 13.9. The molecule has 1 aliphatic heterocycles. The number of hydrogen-bond acceptors (Lipinski definition) is 4. The summed E-state index contributed by atoms with van der Waals surface area (Å²) in [6, 6.07) is 14.2. The first-order valence-electron chi connectivity index (χ1n) is 12.9. The average Bonchev–Trinajstić information content (AvgIpc) is 3.29. The van der Waals surface area contributed by atoms with Gasteiger partial charge in [0.25, 0.3) is 0 Å². The Labute approximate surface area is 217 Å². The molecule has 1 amide bonds. The second-order valence-electron chi connectivity index (χ2n) is 10.5. The number of benzene rings is 2. The number of carbonyl (C=O) groups is 1. The molecule has 198 valence electrons. The predicted octanol–water partition coefficient (Wildman–Crippen LogP) is 5.78. The third-order valence-electron chi connectivity index (χ3n) is 6.50. The van der Waals surface area contributed by atoms with Crippen molar-refractivity contribution < 1.29 is 18.3 Å². The number of piperidine rings is 1. The number of likely N-dealkylation sites (tertiary alicyclic amines) is 1. The third kappa shape index (κ3) is 7.38. The Morgan fingerprint density at radius 3 is 2.46 bits per heavy atom. The molecule has 1 fully saturated rings. The summed E-state index contributed by atoms with van der Waals surface area (Å²) >= 11 is 0. The minimum absolute atomic E-state index is 0.155. The number of rotatable bonds is 8. The lowest BCUT2D eigenvalue weighted by atomic mass is 9.96. The fraction of sp³-hybridized carbons (Fsp3) is 0.448. The monoisotopic (exact) mass is 510 g/mol. The maximum absolute atomic E-state index is 13.9. The van der Waals surface area contributed by atoms with Crippen molar-refractivity contribution in [3.63, 3.8) is 0 Å². The Bertz CT molecular complexity index is 1180. The predicted molar refractivity (Wildman–Crippen MR) is 140 cm³/mol. The van der Waals surface area contributed by atoms with E-state index in [1.165, 1.54) is 11.6 Å². The zero-order chi connectivity index (χ0) is 26.4. The van der Waals surface area contributed by atoms with Gasteiger partial charge >= 0.3 is 6.09 Å². The summed E-state index contributed by atoms with van der Waals surface area (Å²) in [5.41, 5.74) is 1.92. The topological polar surface area (TPSA) is 59.4 Å². The fourth-order valence-corrected chi connectivity index (χ4v) is 4.58. The number of amides is 1. The number of carbonyl (C=O) groups excluding carboxylic acids is 1. The van der Waals surface area contributed by atoms with Crippen LogP contribution >= 0.6 is 0 Å². The van der Waals surface area contributed by atoms with Crippen LogP contribution in [0.25, 0.3) is 11.3 Å². The molecule has 2 heterocycles. The summed E-state index contributed by atoms with van der Waals surface area (Å²) in [5.74, 6) is -0.696. The van der Waals surface area contributed by atoms with Crippen molar-refractivity contribution in [2.75, 3.05) is 26.2 Å². The van der Waals surface area contributed by atoms with E-state index < -0.39 is 17.2 Å². The molecule has 0 unspecified atom stereocenters. The molecule has 0 saturated carbocycles. The van der Waals surface area contributed by atoms with Crippen molar-refractivity contribution in [3.8, 4) is 11.3 Å². The highest BCUT2D eigenvalue weighted by Crippen LogP contribution is 2.31. The second-order valence-corrected chi connectivity index (χ2v) is 10.5. The van der Waals surface area contributed by atoms with Crippen LogP contribution in [0, 0.1) is 11.6 Å². The molecule has 0 atom stereocenters. The van der Waals surface area contributed by atoms with Gasteiger partial charge in [-0.2, -0.15) is 0 Å². The lowest BCUT2D eigenvalue weighted by Gasteiger charge is -2.33. The minimum Gasteiger partial charge on any atom is -0.444 e. The number of aromatic nitrogens is 2. The molecule has 1 saturated heterocycles. The van der Waals surface area contributed by atoms with Gasteiger partial charge in [0, 0.05) is 43.9 Å². The molecule has 1 N–H and O–H groups in total. The van der Waals surface area contributed by atoms with Gasteiger partial charge in [-0.25, -0.2) is 18.6 Å². The number of hydrogen-bond donors (Lipinski definition) is 1. The SMILES string of the molecule is CC(C)(C)OC(=O)N1CCC(c2nc(-c3ccc(F)c(F)c3)cn2CCNCCc2ccccc2)CC1. The van der Waals surface area contributed by atoms with E-state index >= 15 is 0 Å². The molecule has 0 aliphatic carbocycles. The molecule has 0 bridgehead atoms. The van der Waals surface area contributed by atoms with Crippen molar-refractivity contribution in [3.05, 3.63) is 77.8 Å². The molecular weight excluding hydrogens is 474 g/mol. The highest BCUT2D eigenvalue weighted by Gasteiger charge is 2.30. The molecule has 37 heavy (non-hydrogen) atoms. The van der Waals surface area contributed by atoms with Crippen LogP contribution in [0.4, 0.5) is 13.6 Å². The van der Waals surface area contributed by atoms with E-state index in [4.69, 9.17) is 9.72 Å². The Kier molecular flexibility index (Phi) is 8.59. The Morgan fingerprint density at radius 2 is 1.78 bits per heavy atom. The zero-order valence-electron chi connectivity index (χ0n) is 21.8. The molecule has 3 aromatic rings. The first-order valence-corrected chi connectivity index (χ1v) is 12.9. The van der Waals surface area contributed by atoms with Crippen LogP contribution in [0.5, 0.6) is 0 Å². The van der Waals surface area contributed by atoms with Crippen LogP contribution in [-0.4, -0.2) is 52.3 Å². The first-order chi connectivity index (χ1) is 17.7. The lowest BCUT2D eigenvalue weighted by molar-refractivity contribution is 0.0202. The molecule has 1 aliphatic rings. The van der Waals surface area contributed by atoms with Gasteiger partial charge in [0.2, 0.25) is 0 Å². The third-order valence-corrected chi connectivity index (χ3v) is 6.50. The molecule has 1 aromatic heterocycles. The van der Waals surface area contributed by atoms with E-state index in [0.717, 1.165) is 44.2 Å². The average molecular weight is 511 g/mol. The van der Waals surface area contributed by atoms with E-state index in [9.17, 15) is 13.6 Å². The smallest absolute Gasteiger partial charge is 0.410 e. The quantitative estimate of drug-likeness (QED) is 0.391. The van der Waals surface area contributed by atoms with Gasteiger partial charge < -0.3 is 19.5 Å². The summed E-state index contributed by atoms with van der Waals surface area (Å²) in [6.07, 6.45) is 4.09. The van der Waals surface area contributed by atoms with Crippen molar-refractivity contribution >= 4 is 6.09 Å². The number of nitrogens with one attached hydrogen (secondary N) is 1. The van der Waals surface area contributed by atoms with Crippen molar-refractivity contribution in [1.29, 1.82) is 0 Å². The normalized spacial score (nSPS) is 14.7. The number of halogens is 2. The molecular formula is C29H36F2N4O2. The zero-order valence-corrected chi connectivity index (χ0v) is 21.8. The molecule has 6 nitrogen and oxygen atoms in total. The summed E-state index contributed by atoms with van der Waals surface area (Å²) in [7, 11) is 0. The van der Waals surface area contributed by atoms with Gasteiger partial charge in [-0.1, -0.05) is 30.3 Å². The van der Waals surface area contributed by atoms with Crippen molar-refractivity contribution in [1.82, 2.24) is 19.8 Å². The molecule has 4 rings (SSSR count). The van der Waals surface area contributed by atoms with E-state index in [-0.39, 0.29) is 12.0 Å². The van der Waals surface area contributed by atoms with Gasteiger partial charge in [0.15, 0.2) is 11.6 Å². The van der Waals surface area contributed by atoms with Crippen LogP contribution in [0.2, 0.25) is 0 Å². The van der Waals surface area contributed by atoms with Gasteiger partial charge in [-0.3, -0.25) is 0 Å².